The van der Waals surface area contributed by atoms with Crippen molar-refractivity contribution in [3.05, 3.63) is 29.8 Å². The van der Waals surface area contributed by atoms with E-state index in [1.54, 1.807) is 0 Å². The maximum absolute atomic E-state index is 10.4. The van der Waals surface area contributed by atoms with Crippen LogP contribution in [0.4, 0.5) is 5.69 Å². The zero-order valence-electron chi connectivity index (χ0n) is 16.3. The van der Waals surface area contributed by atoms with E-state index in [1.807, 2.05) is 12.1 Å². The molecule has 0 amide bonds. The van der Waals surface area contributed by atoms with Crippen LogP contribution in [-0.4, -0.2) is 12.5 Å². The molecule has 0 saturated carbocycles. The molecule has 0 bridgehead atoms. The van der Waals surface area contributed by atoms with Crippen LogP contribution in [0.2, 0.25) is 0 Å². The summed E-state index contributed by atoms with van der Waals surface area (Å²) in [5, 5.41) is 13.6. The van der Waals surface area contributed by atoms with Crippen molar-refractivity contribution in [2.75, 3.05) is 11.9 Å². The minimum Gasteiger partial charge on any atom is -0.550 e. The van der Waals surface area contributed by atoms with Crippen molar-refractivity contribution in [1.82, 2.24) is 0 Å². The molecule has 1 N–H and O–H groups in total. The molecule has 25 heavy (non-hydrogen) atoms. The van der Waals surface area contributed by atoms with Gasteiger partial charge in [-0.25, -0.2) is 0 Å². The normalized spacial score (nSPS) is 10.3. The Bertz CT molecular complexity index is 451. The van der Waals surface area contributed by atoms with Crippen LogP contribution < -0.4 is 40.0 Å². The third-order valence-corrected chi connectivity index (χ3v) is 4.40. The van der Waals surface area contributed by atoms with E-state index in [0.29, 0.717) is 6.54 Å². The van der Waals surface area contributed by atoms with Gasteiger partial charge in [-0.3, -0.25) is 0 Å². The van der Waals surface area contributed by atoms with Crippen LogP contribution in [0, 0.1) is 0 Å². The minimum atomic E-state index is -1.01. The number of anilines is 1. The van der Waals surface area contributed by atoms with Crippen LogP contribution in [0.5, 0.6) is 0 Å². The first-order valence-electron chi connectivity index (χ1n) is 9.75. The summed E-state index contributed by atoms with van der Waals surface area (Å²) in [6.07, 6.45) is 14.7. The number of hydrogen-bond acceptors (Lipinski definition) is 3. The molecule has 1 rings (SSSR count). The second-order valence-electron chi connectivity index (χ2n) is 6.68. The number of benzene rings is 1. The van der Waals surface area contributed by atoms with Crippen LogP contribution in [-0.2, 0) is 11.2 Å². The summed E-state index contributed by atoms with van der Waals surface area (Å²) in [4.78, 5) is 10.4. The van der Waals surface area contributed by atoms with E-state index in [1.165, 1.54) is 69.8 Å². The summed E-state index contributed by atoms with van der Waals surface area (Å²) < 4.78 is 0. The molecule has 0 aliphatic rings. The van der Waals surface area contributed by atoms with Crippen molar-refractivity contribution in [2.45, 2.75) is 84.0 Å². The molecular weight excluding hydrogens is 321 g/mol. The van der Waals surface area contributed by atoms with Crippen molar-refractivity contribution in [1.29, 1.82) is 0 Å². The van der Waals surface area contributed by atoms with E-state index < -0.39 is 5.97 Å². The number of carbonyl (C=O) groups is 1. The summed E-state index contributed by atoms with van der Waals surface area (Å²) in [6, 6.07) is 8.30. The fourth-order valence-electron chi connectivity index (χ4n) is 2.96. The number of rotatable bonds is 15. The molecule has 0 saturated heterocycles. The van der Waals surface area contributed by atoms with Gasteiger partial charge in [0.25, 0.3) is 0 Å². The molecule has 0 spiro atoms. The average Bonchev–Trinajstić information content (AvgIpc) is 2.57. The Kier molecular flexibility index (Phi) is 16.6. The third-order valence-electron chi connectivity index (χ3n) is 4.40. The predicted octanol–water partition coefficient (Wildman–Crippen LogP) is 1.71. The summed E-state index contributed by atoms with van der Waals surface area (Å²) in [6.45, 7) is 2.68. The SMILES string of the molecule is CCCCCCCCCCCCc1cccc(NCCC(=O)[O-])c1.[Na+]. The number of nitrogens with one attached hydrogen (secondary N) is 1. The van der Waals surface area contributed by atoms with Gasteiger partial charge in [-0.1, -0.05) is 76.8 Å². The van der Waals surface area contributed by atoms with Crippen LogP contribution in [0.3, 0.4) is 0 Å². The molecule has 0 unspecified atom stereocenters. The minimum absolute atomic E-state index is 0. The summed E-state index contributed by atoms with van der Waals surface area (Å²) in [5.41, 5.74) is 2.33. The van der Waals surface area contributed by atoms with Crippen molar-refractivity contribution in [3.8, 4) is 0 Å². The zero-order chi connectivity index (χ0) is 17.5. The Hall–Kier alpha value is -0.510. The standard InChI is InChI=1S/C21H35NO2.Na/c1-2-3-4-5-6-7-8-9-10-11-13-19-14-12-15-20(18-19)22-17-16-21(23)24;/h12,14-15,18,22H,2-11,13,16-17H2,1H3,(H,23,24);/q;+1/p-1. The number of unbranched alkanes of at least 4 members (excludes halogenated alkanes) is 9. The van der Waals surface area contributed by atoms with Gasteiger partial charge in [0, 0.05) is 24.6 Å². The molecule has 3 nitrogen and oxygen atoms in total. The van der Waals surface area contributed by atoms with Crippen molar-refractivity contribution < 1.29 is 39.5 Å². The number of carboxylic acids is 1. The van der Waals surface area contributed by atoms with Crippen LogP contribution in [0.1, 0.15) is 83.1 Å². The van der Waals surface area contributed by atoms with Gasteiger partial charge >= 0.3 is 29.6 Å². The Morgan fingerprint density at radius 2 is 1.56 bits per heavy atom. The number of carboxylic acid groups (broad SMARTS) is 1. The van der Waals surface area contributed by atoms with Crippen molar-refractivity contribution in [2.24, 2.45) is 0 Å². The van der Waals surface area contributed by atoms with Crippen molar-refractivity contribution in [3.63, 3.8) is 0 Å². The summed E-state index contributed by atoms with van der Waals surface area (Å²) >= 11 is 0. The molecule has 0 radical (unpaired) electrons. The molecular formula is C21H34NNaO2. The molecule has 0 atom stereocenters. The van der Waals surface area contributed by atoms with E-state index in [4.69, 9.17) is 0 Å². The van der Waals surface area contributed by atoms with Gasteiger partial charge in [0.05, 0.1) is 0 Å². The molecule has 1 aromatic rings. The number of aliphatic carboxylic acids is 1. The van der Waals surface area contributed by atoms with Crippen LogP contribution in [0.25, 0.3) is 0 Å². The second kappa shape index (κ2) is 16.9. The number of aryl methyl sites for hydroxylation is 1. The summed E-state index contributed by atoms with van der Waals surface area (Å²) in [7, 11) is 0. The summed E-state index contributed by atoms with van der Waals surface area (Å²) in [5.74, 6) is -1.01. The van der Waals surface area contributed by atoms with Gasteiger partial charge in [0.2, 0.25) is 0 Å². The smallest absolute Gasteiger partial charge is 0.550 e. The van der Waals surface area contributed by atoms with Gasteiger partial charge in [0.15, 0.2) is 0 Å². The maximum Gasteiger partial charge on any atom is 1.00 e. The van der Waals surface area contributed by atoms with Gasteiger partial charge < -0.3 is 15.2 Å². The van der Waals surface area contributed by atoms with E-state index in [0.717, 1.165) is 12.1 Å². The Morgan fingerprint density at radius 1 is 0.960 bits per heavy atom. The quantitative estimate of drug-likeness (QED) is 0.385. The third kappa shape index (κ3) is 14.4. The topological polar surface area (TPSA) is 52.2 Å². The Balaban J connectivity index is 0.00000576. The molecule has 0 fully saturated rings. The number of hydrogen-bond donors (Lipinski definition) is 1. The Labute approximate surface area is 176 Å². The maximum atomic E-state index is 10.4. The fourth-order valence-corrected chi connectivity index (χ4v) is 2.96. The largest absolute Gasteiger partial charge is 1.00 e. The molecule has 0 aliphatic carbocycles. The van der Waals surface area contributed by atoms with Crippen molar-refractivity contribution >= 4 is 11.7 Å². The van der Waals surface area contributed by atoms with Gasteiger partial charge in [-0.05, 0) is 30.5 Å². The molecule has 1 aromatic carbocycles. The van der Waals surface area contributed by atoms with Gasteiger partial charge in [0.1, 0.15) is 0 Å². The molecule has 136 valence electrons. The Morgan fingerprint density at radius 3 is 2.16 bits per heavy atom. The van der Waals surface area contributed by atoms with E-state index in [9.17, 15) is 9.90 Å². The van der Waals surface area contributed by atoms with Gasteiger partial charge in [-0.2, -0.15) is 0 Å². The predicted molar refractivity (Wildman–Crippen MR) is 100 cm³/mol. The number of carbonyl (C=O) groups excluding carboxylic acids is 1. The molecule has 0 aliphatic heterocycles. The fraction of sp³-hybridized carbons (Fsp3) is 0.667. The van der Waals surface area contributed by atoms with Crippen LogP contribution in [0.15, 0.2) is 24.3 Å². The zero-order valence-corrected chi connectivity index (χ0v) is 18.3. The average molecular weight is 355 g/mol. The van der Waals surface area contributed by atoms with E-state index >= 15 is 0 Å². The van der Waals surface area contributed by atoms with Crippen LogP contribution >= 0.6 is 0 Å². The molecule has 0 heterocycles. The monoisotopic (exact) mass is 355 g/mol. The first-order valence-corrected chi connectivity index (χ1v) is 9.75. The molecule has 4 heteroatoms. The van der Waals surface area contributed by atoms with E-state index in [-0.39, 0.29) is 36.0 Å². The van der Waals surface area contributed by atoms with E-state index in [2.05, 4.69) is 24.4 Å². The second-order valence-corrected chi connectivity index (χ2v) is 6.68. The first-order chi connectivity index (χ1) is 11.7. The first kappa shape index (κ1) is 24.5. The van der Waals surface area contributed by atoms with Gasteiger partial charge in [-0.15, -0.1) is 0 Å². The molecule has 0 aromatic heterocycles.